The van der Waals surface area contributed by atoms with E-state index in [9.17, 15) is 4.79 Å². The lowest BCUT2D eigenvalue weighted by Crippen LogP contribution is -2.52. The van der Waals surface area contributed by atoms with Gasteiger partial charge in [0.15, 0.2) is 16.6 Å². The van der Waals surface area contributed by atoms with Crippen LogP contribution in [0.3, 0.4) is 0 Å². The van der Waals surface area contributed by atoms with Gasteiger partial charge in [-0.2, -0.15) is 0 Å². The van der Waals surface area contributed by atoms with Crippen molar-refractivity contribution in [3.63, 3.8) is 0 Å². The van der Waals surface area contributed by atoms with Crippen molar-refractivity contribution in [3.05, 3.63) is 47.5 Å². The number of piperidine rings is 1. The number of ether oxygens (including phenoxy) is 2. The van der Waals surface area contributed by atoms with E-state index in [1.54, 1.807) is 11.3 Å². The average Bonchev–Trinajstić information content (AvgIpc) is 3.50. The van der Waals surface area contributed by atoms with E-state index in [-0.39, 0.29) is 5.92 Å². The van der Waals surface area contributed by atoms with E-state index >= 15 is 0 Å². The van der Waals surface area contributed by atoms with Crippen molar-refractivity contribution in [1.29, 1.82) is 0 Å². The lowest BCUT2D eigenvalue weighted by atomic mass is 9.96. The van der Waals surface area contributed by atoms with E-state index in [4.69, 9.17) is 14.5 Å². The largest absolute Gasteiger partial charge is 0.454 e. The molecule has 0 radical (unpaired) electrons. The summed E-state index contributed by atoms with van der Waals surface area (Å²) in [6.45, 7) is 8.41. The number of piperazine rings is 1. The Kier molecular flexibility index (Phi) is 5.79. The molecule has 0 aliphatic carbocycles. The van der Waals surface area contributed by atoms with Gasteiger partial charge in [-0.3, -0.25) is 9.69 Å². The number of fused-ring (bicyclic) bond motifs is 2. The molecular formula is C26H30N4O3S. The van der Waals surface area contributed by atoms with Crippen LogP contribution >= 0.6 is 11.3 Å². The maximum Gasteiger partial charge on any atom is 0.231 e. The third-order valence-corrected chi connectivity index (χ3v) is 8.18. The van der Waals surface area contributed by atoms with Gasteiger partial charge >= 0.3 is 0 Å². The molecule has 0 saturated carbocycles. The van der Waals surface area contributed by atoms with Crippen LogP contribution < -0.4 is 14.4 Å². The molecule has 3 aliphatic rings. The summed E-state index contributed by atoms with van der Waals surface area (Å²) < 4.78 is 12.1. The average molecular weight is 479 g/mol. The molecule has 0 spiro atoms. The first-order chi connectivity index (χ1) is 16.6. The summed E-state index contributed by atoms with van der Waals surface area (Å²) in [5, 5.41) is 1.05. The van der Waals surface area contributed by atoms with E-state index in [0.717, 1.165) is 80.8 Å². The van der Waals surface area contributed by atoms with Gasteiger partial charge in [-0.25, -0.2) is 4.98 Å². The number of aromatic nitrogens is 1. The molecule has 6 rings (SSSR count). The Labute approximate surface area is 203 Å². The van der Waals surface area contributed by atoms with Crippen LogP contribution in [-0.2, 0) is 11.3 Å². The number of rotatable bonds is 4. The van der Waals surface area contributed by atoms with Gasteiger partial charge in [-0.05, 0) is 55.2 Å². The van der Waals surface area contributed by atoms with Crippen molar-refractivity contribution >= 4 is 32.6 Å². The van der Waals surface area contributed by atoms with Crippen molar-refractivity contribution in [2.45, 2.75) is 26.3 Å². The van der Waals surface area contributed by atoms with Gasteiger partial charge in [0.2, 0.25) is 12.7 Å². The maximum atomic E-state index is 13.4. The van der Waals surface area contributed by atoms with Crippen LogP contribution in [0.5, 0.6) is 11.5 Å². The molecule has 3 aliphatic heterocycles. The minimum Gasteiger partial charge on any atom is -0.454 e. The Bertz CT molecular complexity index is 1200. The molecule has 178 valence electrons. The summed E-state index contributed by atoms with van der Waals surface area (Å²) in [5.74, 6) is 2.02. The Hall–Kier alpha value is -2.84. The number of carbonyl (C=O) groups excluding carboxylic acids is 1. The molecule has 8 heteroatoms. The SMILES string of the molecule is Cc1ccc2nc(N3CCCC(C(=O)N4CCN(Cc5ccc6c(c5)OCO6)CC4)C3)sc2c1. The Morgan fingerprint density at radius 2 is 1.91 bits per heavy atom. The fraction of sp³-hybridized carbons (Fsp3) is 0.462. The van der Waals surface area contributed by atoms with Crippen molar-refractivity contribution in [3.8, 4) is 11.5 Å². The molecule has 2 saturated heterocycles. The highest BCUT2D eigenvalue weighted by Crippen LogP contribution is 2.34. The van der Waals surface area contributed by atoms with Gasteiger partial charge in [0.05, 0.1) is 16.1 Å². The smallest absolute Gasteiger partial charge is 0.231 e. The van der Waals surface area contributed by atoms with Gasteiger partial charge < -0.3 is 19.3 Å². The molecule has 0 N–H and O–H groups in total. The number of hydrogen-bond donors (Lipinski definition) is 0. The highest BCUT2D eigenvalue weighted by atomic mass is 32.1. The Balaban J connectivity index is 1.05. The summed E-state index contributed by atoms with van der Waals surface area (Å²) in [5.41, 5.74) is 3.53. The number of thiazole rings is 1. The summed E-state index contributed by atoms with van der Waals surface area (Å²) in [4.78, 5) is 25.0. The second-order valence-corrected chi connectivity index (χ2v) is 10.6. The second kappa shape index (κ2) is 9.07. The summed E-state index contributed by atoms with van der Waals surface area (Å²) >= 11 is 1.74. The predicted octanol–water partition coefficient (Wildman–Crippen LogP) is 3.89. The summed E-state index contributed by atoms with van der Waals surface area (Å²) in [6.07, 6.45) is 2.01. The first-order valence-electron chi connectivity index (χ1n) is 12.1. The zero-order valence-corrected chi connectivity index (χ0v) is 20.4. The number of nitrogens with zero attached hydrogens (tertiary/aromatic N) is 4. The first kappa shape index (κ1) is 21.7. The lowest BCUT2D eigenvalue weighted by molar-refractivity contribution is -0.137. The van der Waals surface area contributed by atoms with Crippen LogP contribution in [-0.4, -0.2) is 66.8 Å². The van der Waals surface area contributed by atoms with E-state index in [1.165, 1.54) is 15.8 Å². The topological polar surface area (TPSA) is 58.1 Å². The lowest BCUT2D eigenvalue weighted by Gasteiger charge is -2.39. The molecule has 0 bridgehead atoms. The zero-order valence-electron chi connectivity index (χ0n) is 19.5. The molecule has 1 amide bonds. The fourth-order valence-electron chi connectivity index (χ4n) is 5.19. The molecule has 4 heterocycles. The van der Waals surface area contributed by atoms with Crippen LogP contribution in [0.25, 0.3) is 10.2 Å². The summed E-state index contributed by atoms with van der Waals surface area (Å²) in [7, 11) is 0. The molecule has 2 aromatic carbocycles. The van der Waals surface area contributed by atoms with Crippen LogP contribution in [0.1, 0.15) is 24.0 Å². The van der Waals surface area contributed by atoms with Crippen LogP contribution in [0.2, 0.25) is 0 Å². The van der Waals surface area contributed by atoms with Gasteiger partial charge in [0.1, 0.15) is 0 Å². The molecule has 1 aromatic heterocycles. The number of carbonyl (C=O) groups is 1. The number of amides is 1. The minimum absolute atomic E-state index is 0.0582. The molecule has 1 atom stereocenters. The molecule has 1 unspecified atom stereocenters. The molecule has 2 fully saturated rings. The normalized spacial score (nSPS) is 20.8. The number of anilines is 1. The fourth-order valence-corrected chi connectivity index (χ4v) is 6.29. The van der Waals surface area contributed by atoms with Crippen molar-refractivity contribution < 1.29 is 14.3 Å². The van der Waals surface area contributed by atoms with E-state index < -0.39 is 0 Å². The summed E-state index contributed by atoms with van der Waals surface area (Å²) in [6, 6.07) is 12.6. The van der Waals surface area contributed by atoms with E-state index in [2.05, 4.69) is 52.0 Å². The highest BCUT2D eigenvalue weighted by Gasteiger charge is 2.32. The van der Waals surface area contributed by atoms with Crippen LogP contribution in [0.4, 0.5) is 5.13 Å². The number of aryl methyl sites for hydroxylation is 1. The second-order valence-electron chi connectivity index (χ2n) is 9.54. The number of hydrogen-bond acceptors (Lipinski definition) is 7. The standard InChI is InChI=1S/C26H30N4O3S/c1-18-4-6-21-24(13-18)34-26(27-21)30-8-2-3-20(16-30)25(31)29-11-9-28(10-12-29)15-19-5-7-22-23(14-19)33-17-32-22/h4-7,13-14,20H,2-3,8-12,15-17H2,1H3. The highest BCUT2D eigenvalue weighted by molar-refractivity contribution is 7.22. The minimum atomic E-state index is 0.0582. The third-order valence-electron chi connectivity index (χ3n) is 7.10. The molecule has 3 aromatic rings. The molecule has 34 heavy (non-hydrogen) atoms. The predicted molar refractivity (Wildman–Crippen MR) is 134 cm³/mol. The van der Waals surface area contributed by atoms with Crippen LogP contribution in [0.15, 0.2) is 36.4 Å². The van der Waals surface area contributed by atoms with Crippen molar-refractivity contribution in [2.75, 3.05) is 51.0 Å². The van der Waals surface area contributed by atoms with Gasteiger partial charge in [0, 0.05) is 45.8 Å². The van der Waals surface area contributed by atoms with Gasteiger partial charge in [0.25, 0.3) is 0 Å². The quantitative estimate of drug-likeness (QED) is 0.567. The van der Waals surface area contributed by atoms with Crippen molar-refractivity contribution in [2.24, 2.45) is 5.92 Å². The van der Waals surface area contributed by atoms with E-state index in [1.807, 2.05) is 6.07 Å². The van der Waals surface area contributed by atoms with Crippen LogP contribution in [0, 0.1) is 12.8 Å². The molecule has 7 nitrogen and oxygen atoms in total. The van der Waals surface area contributed by atoms with E-state index in [0.29, 0.717) is 12.7 Å². The number of benzene rings is 2. The van der Waals surface area contributed by atoms with Gasteiger partial charge in [-0.1, -0.05) is 23.5 Å². The maximum absolute atomic E-state index is 13.4. The third kappa shape index (κ3) is 4.32. The first-order valence-corrected chi connectivity index (χ1v) is 13.0. The van der Waals surface area contributed by atoms with Gasteiger partial charge in [-0.15, -0.1) is 0 Å². The zero-order chi connectivity index (χ0) is 23.1. The Morgan fingerprint density at radius 1 is 1.06 bits per heavy atom. The Morgan fingerprint density at radius 3 is 2.79 bits per heavy atom. The monoisotopic (exact) mass is 478 g/mol. The van der Waals surface area contributed by atoms with Crippen molar-refractivity contribution in [1.82, 2.24) is 14.8 Å². The molecular weight excluding hydrogens is 448 g/mol.